The summed E-state index contributed by atoms with van der Waals surface area (Å²) in [6.07, 6.45) is 0. The van der Waals surface area contributed by atoms with Gasteiger partial charge in [0, 0.05) is 11.3 Å². The van der Waals surface area contributed by atoms with Gasteiger partial charge in [0.1, 0.15) is 23.7 Å². The lowest BCUT2D eigenvalue weighted by atomic mass is 10.2. The molecule has 4 aromatic rings. The van der Waals surface area contributed by atoms with Crippen molar-refractivity contribution in [3.05, 3.63) is 77.1 Å². The highest BCUT2D eigenvalue weighted by molar-refractivity contribution is 8.00. The normalized spacial score (nSPS) is 10.7. The molecule has 0 atom stereocenters. The molecule has 30 heavy (non-hydrogen) atoms. The Kier molecular flexibility index (Phi) is 6.35. The molecule has 0 fully saturated rings. The third-order valence-electron chi connectivity index (χ3n) is 4.07. The first-order chi connectivity index (χ1) is 14.7. The van der Waals surface area contributed by atoms with Crippen LogP contribution in [0.5, 0.6) is 5.75 Å². The fourth-order valence-electron chi connectivity index (χ4n) is 2.44. The van der Waals surface area contributed by atoms with Gasteiger partial charge in [0.05, 0.1) is 0 Å². The van der Waals surface area contributed by atoms with Gasteiger partial charge in [-0.15, -0.1) is 10.2 Å². The Morgan fingerprint density at radius 3 is 2.63 bits per heavy atom. The van der Waals surface area contributed by atoms with Crippen LogP contribution in [0.25, 0.3) is 0 Å². The molecule has 0 saturated carbocycles. The van der Waals surface area contributed by atoms with Crippen molar-refractivity contribution >= 4 is 34.1 Å². The molecule has 0 bridgehead atoms. The number of hydrogen-bond acceptors (Lipinski definition) is 9. The number of rotatable bonds is 8. The number of carbonyl (C=O) groups excluding carboxylic acids is 1. The minimum absolute atomic E-state index is 0.245. The summed E-state index contributed by atoms with van der Waals surface area (Å²) in [4.78, 5) is 12.5. The molecule has 1 amide bonds. The Morgan fingerprint density at radius 1 is 1.10 bits per heavy atom. The van der Waals surface area contributed by atoms with Gasteiger partial charge in [-0.1, -0.05) is 63.7 Å². The van der Waals surface area contributed by atoms with Gasteiger partial charge in [-0.25, -0.2) is 4.63 Å². The molecular formula is C20H17N5O3S2. The highest BCUT2D eigenvalue weighted by Crippen LogP contribution is 2.28. The molecule has 2 heterocycles. The molecule has 0 unspecified atom stereocenters. The summed E-state index contributed by atoms with van der Waals surface area (Å²) in [6.45, 7) is 2.04. The number of carbonyl (C=O) groups is 1. The summed E-state index contributed by atoms with van der Waals surface area (Å²) >= 11 is 2.93. The zero-order chi connectivity index (χ0) is 20.8. The van der Waals surface area contributed by atoms with E-state index in [4.69, 9.17) is 4.74 Å². The summed E-state index contributed by atoms with van der Waals surface area (Å²) in [5.74, 6) is 1.16. The number of anilines is 1. The number of aryl methyl sites for hydroxylation is 1. The van der Waals surface area contributed by atoms with Gasteiger partial charge in [0.15, 0.2) is 4.34 Å². The topological polar surface area (TPSA) is 103 Å². The van der Waals surface area contributed by atoms with Crippen LogP contribution in [0.2, 0.25) is 0 Å². The molecule has 0 radical (unpaired) electrons. The van der Waals surface area contributed by atoms with Crippen molar-refractivity contribution in [3.8, 4) is 5.75 Å². The van der Waals surface area contributed by atoms with E-state index >= 15 is 0 Å². The van der Waals surface area contributed by atoms with E-state index in [0.717, 1.165) is 10.1 Å². The van der Waals surface area contributed by atoms with Crippen LogP contribution in [0.15, 0.2) is 63.6 Å². The Bertz CT molecular complexity index is 1110. The Hall–Kier alpha value is -3.24. The smallest absolute Gasteiger partial charge is 0.257 e. The van der Waals surface area contributed by atoms with Crippen LogP contribution < -0.4 is 10.1 Å². The number of amides is 1. The first kappa shape index (κ1) is 20.0. The predicted octanol–water partition coefficient (Wildman–Crippen LogP) is 4.35. The summed E-state index contributed by atoms with van der Waals surface area (Å²) in [6, 6.07) is 16.9. The molecule has 8 nitrogen and oxygen atoms in total. The van der Waals surface area contributed by atoms with E-state index in [1.807, 2.05) is 18.2 Å². The highest BCUT2D eigenvalue weighted by atomic mass is 32.2. The van der Waals surface area contributed by atoms with Crippen LogP contribution in [-0.2, 0) is 12.4 Å². The lowest BCUT2D eigenvalue weighted by molar-refractivity contribution is 0.102. The monoisotopic (exact) mass is 439 g/mol. The average Bonchev–Trinajstić information content (AvgIpc) is 3.40. The molecule has 1 N–H and O–H groups in total. The molecule has 2 aromatic heterocycles. The standard InChI is InChI=1S/C20H17N5O3S2/c1-13-17(25-28-24-13)11-27-16-9-7-15(8-10-16)18(26)21-19-22-23-20(30-19)29-12-14-5-3-2-4-6-14/h2-10H,11-12H2,1H3,(H,21,22,26). The molecule has 0 aliphatic heterocycles. The number of ether oxygens (including phenoxy) is 1. The van der Waals surface area contributed by atoms with Gasteiger partial charge in [-0.3, -0.25) is 10.1 Å². The van der Waals surface area contributed by atoms with Crippen LogP contribution in [0.3, 0.4) is 0 Å². The first-order valence-electron chi connectivity index (χ1n) is 9.00. The molecule has 0 spiro atoms. The van der Waals surface area contributed by atoms with Crippen LogP contribution in [-0.4, -0.2) is 26.4 Å². The van der Waals surface area contributed by atoms with Crippen molar-refractivity contribution < 1.29 is 14.2 Å². The second-order valence-corrected chi connectivity index (χ2v) is 8.41. The van der Waals surface area contributed by atoms with Crippen molar-refractivity contribution in [2.45, 2.75) is 23.6 Å². The lowest BCUT2D eigenvalue weighted by Gasteiger charge is -2.05. The third kappa shape index (κ3) is 5.22. The number of thioether (sulfide) groups is 1. The molecule has 0 aliphatic rings. The fraction of sp³-hybridized carbons (Fsp3) is 0.150. The first-order valence-corrected chi connectivity index (χ1v) is 10.8. The van der Waals surface area contributed by atoms with E-state index in [2.05, 4.69) is 42.6 Å². The maximum Gasteiger partial charge on any atom is 0.257 e. The maximum atomic E-state index is 12.5. The molecule has 4 rings (SSSR count). The van der Waals surface area contributed by atoms with Crippen molar-refractivity contribution in [2.24, 2.45) is 0 Å². The molecule has 0 saturated heterocycles. The summed E-state index contributed by atoms with van der Waals surface area (Å²) in [5, 5.41) is 18.9. The number of nitrogens with zero attached hydrogens (tertiary/aromatic N) is 4. The van der Waals surface area contributed by atoms with Gasteiger partial charge in [0.25, 0.3) is 5.91 Å². The van der Waals surface area contributed by atoms with Gasteiger partial charge in [-0.05, 0) is 36.8 Å². The van der Waals surface area contributed by atoms with Gasteiger partial charge in [0.2, 0.25) is 5.13 Å². The van der Waals surface area contributed by atoms with Crippen molar-refractivity contribution in [2.75, 3.05) is 5.32 Å². The predicted molar refractivity (Wildman–Crippen MR) is 114 cm³/mol. The van der Waals surface area contributed by atoms with Crippen molar-refractivity contribution in [3.63, 3.8) is 0 Å². The SMILES string of the molecule is Cc1nonc1COc1ccc(C(=O)Nc2nnc(SCc3ccccc3)s2)cc1. The number of hydrogen-bond donors (Lipinski definition) is 1. The Morgan fingerprint density at radius 2 is 1.90 bits per heavy atom. The van der Waals surface area contributed by atoms with E-state index in [9.17, 15) is 4.79 Å². The number of nitrogens with one attached hydrogen (secondary N) is 1. The molecular weight excluding hydrogens is 422 g/mol. The lowest BCUT2D eigenvalue weighted by Crippen LogP contribution is -2.11. The second-order valence-electron chi connectivity index (χ2n) is 6.21. The van der Waals surface area contributed by atoms with E-state index < -0.39 is 0 Å². The Labute approximate surface area is 180 Å². The van der Waals surface area contributed by atoms with Gasteiger partial charge >= 0.3 is 0 Å². The number of benzene rings is 2. The summed E-state index contributed by atoms with van der Waals surface area (Å²) in [5.41, 5.74) is 3.02. The summed E-state index contributed by atoms with van der Waals surface area (Å²) in [7, 11) is 0. The Balaban J connectivity index is 1.29. The molecule has 2 aromatic carbocycles. The summed E-state index contributed by atoms with van der Waals surface area (Å²) < 4.78 is 11.1. The van der Waals surface area contributed by atoms with Crippen LogP contribution in [0, 0.1) is 6.92 Å². The second kappa shape index (κ2) is 9.51. The minimum Gasteiger partial charge on any atom is -0.487 e. The molecule has 10 heteroatoms. The quantitative estimate of drug-likeness (QED) is 0.319. The fourth-order valence-corrected chi connectivity index (χ4v) is 4.14. The zero-order valence-corrected chi connectivity index (χ0v) is 17.6. The van der Waals surface area contributed by atoms with Crippen LogP contribution in [0.4, 0.5) is 5.13 Å². The van der Waals surface area contributed by atoms with E-state index in [1.165, 1.54) is 16.9 Å². The molecule has 0 aliphatic carbocycles. The van der Waals surface area contributed by atoms with Crippen LogP contribution in [0.1, 0.15) is 27.3 Å². The minimum atomic E-state index is -0.256. The van der Waals surface area contributed by atoms with E-state index in [0.29, 0.717) is 27.8 Å². The van der Waals surface area contributed by atoms with Crippen molar-refractivity contribution in [1.82, 2.24) is 20.5 Å². The van der Waals surface area contributed by atoms with Crippen LogP contribution >= 0.6 is 23.1 Å². The third-order valence-corrected chi connectivity index (χ3v) is 6.11. The van der Waals surface area contributed by atoms with Gasteiger partial charge < -0.3 is 4.74 Å². The zero-order valence-electron chi connectivity index (χ0n) is 15.9. The largest absolute Gasteiger partial charge is 0.487 e. The highest BCUT2D eigenvalue weighted by Gasteiger charge is 2.12. The maximum absolute atomic E-state index is 12.5. The average molecular weight is 440 g/mol. The van der Waals surface area contributed by atoms with E-state index in [-0.39, 0.29) is 12.5 Å². The number of aromatic nitrogens is 4. The van der Waals surface area contributed by atoms with Crippen molar-refractivity contribution in [1.29, 1.82) is 0 Å². The van der Waals surface area contributed by atoms with E-state index in [1.54, 1.807) is 43.0 Å². The van der Waals surface area contributed by atoms with Gasteiger partial charge in [-0.2, -0.15) is 0 Å². The molecule has 152 valence electrons.